The third kappa shape index (κ3) is 5.96. The van der Waals surface area contributed by atoms with E-state index in [1.165, 1.54) is 9.21 Å². The van der Waals surface area contributed by atoms with E-state index in [4.69, 9.17) is 21.1 Å². The van der Waals surface area contributed by atoms with Gasteiger partial charge in [-0.2, -0.15) is 4.31 Å². The van der Waals surface area contributed by atoms with Crippen molar-refractivity contribution in [2.24, 2.45) is 0 Å². The fourth-order valence-corrected chi connectivity index (χ4v) is 4.78. The van der Waals surface area contributed by atoms with Crippen molar-refractivity contribution in [3.63, 3.8) is 0 Å². The van der Waals surface area contributed by atoms with Crippen molar-refractivity contribution in [1.29, 1.82) is 0 Å². The molecule has 0 radical (unpaired) electrons. The second-order valence-electron chi connectivity index (χ2n) is 6.96. The van der Waals surface area contributed by atoms with E-state index >= 15 is 0 Å². The van der Waals surface area contributed by atoms with Crippen molar-refractivity contribution >= 4 is 33.5 Å². The van der Waals surface area contributed by atoms with Crippen LogP contribution in [0.25, 0.3) is 0 Å². The number of carbonyl (C=O) groups is 2. The minimum atomic E-state index is -3.59. The Hall–Kier alpha value is -2.62. The number of ether oxygens (including phenoxy) is 2. The molecule has 0 N–H and O–H groups in total. The van der Waals surface area contributed by atoms with Gasteiger partial charge in [-0.05, 0) is 42.8 Å². The van der Waals surface area contributed by atoms with Crippen LogP contribution >= 0.6 is 11.6 Å². The molecule has 0 bridgehead atoms. The van der Waals surface area contributed by atoms with E-state index in [9.17, 15) is 18.0 Å². The Bertz CT molecular complexity index is 1040. The van der Waals surface area contributed by atoms with Gasteiger partial charge in [0, 0.05) is 31.2 Å². The van der Waals surface area contributed by atoms with Crippen LogP contribution in [-0.2, 0) is 24.3 Å². The molecule has 166 valence electrons. The second kappa shape index (κ2) is 10.1. The van der Waals surface area contributed by atoms with Crippen molar-refractivity contribution in [2.45, 2.75) is 11.8 Å². The molecule has 2 aromatic rings. The maximum absolute atomic E-state index is 12.6. The van der Waals surface area contributed by atoms with Crippen LogP contribution in [-0.4, -0.2) is 68.9 Å². The summed E-state index contributed by atoms with van der Waals surface area (Å²) in [6.45, 7) is 1.84. The number of carbonyl (C=O) groups excluding carboxylic acids is 2. The first-order valence-electron chi connectivity index (χ1n) is 9.65. The molecule has 31 heavy (non-hydrogen) atoms. The highest BCUT2D eigenvalue weighted by Crippen LogP contribution is 2.21. The van der Waals surface area contributed by atoms with Gasteiger partial charge in [0.05, 0.1) is 4.90 Å². The number of nitrogens with zero attached hydrogens (tertiary/aromatic N) is 2. The number of rotatable bonds is 7. The molecule has 3 rings (SSSR count). The van der Waals surface area contributed by atoms with E-state index in [0.717, 1.165) is 5.56 Å². The Labute approximate surface area is 186 Å². The van der Waals surface area contributed by atoms with Crippen LogP contribution in [0.5, 0.6) is 5.75 Å². The zero-order valence-electron chi connectivity index (χ0n) is 17.0. The van der Waals surface area contributed by atoms with Crippen LogP contribution in [0.2, 0.25) is 5.02 Å². The third-order valence-electron chi connectivity index (χ3n) is 4.81. The summed E-state index contributed by atoms with van der Waals surface area (Å²) in [4.78, 5) is 25.9. The lowest BCUT2D eigenvalue weighted by atomic mass is 10.2. The standard InChI is InChI=1S/C21H23ClN2O6S/c1-16-13-17(22)7-8-19(16)29-15-21(26)30-14-20(25)23-9-11-24(12-10-23)31(27,28)18-5-3-2-4-6-18/h2-8,13H,9-12,14-15H2,1H3. The SMILES string of the molecule is Cc1cc(Cl)ccc1OCC(=O)OCC(=O)N1CCN(S(=O)(=O)c2ccccc2)CC1. The van der Waals surface area contributed by atoms with Crippen LogP contribution in [0.4, 0.5) is 0 Å². The molecule has 0 aliphatic carbocycles. The monoisotopic (exact) mass is 466 g/mol. The van der Waals surface area contributed by atoms with Gasteiger partial charge in [0.2, 0.25) is 10.0 Å². The zero-order valence-corrected chi connectivity index (χ0v) is 18.6. The zero-order chi connectivity index (χ0) is 22.4. The second-order valence-corrected chi connectivity index (χ2v) is 9.33. The van der Waals surface area contributed by atoms with E-state index in [1.807, 2.05) is 0 Å². The molecule has 0 unspecified atom stereocenters. The largest absolute Gasteiger partial charge is 0.482 e. The lowest BCUT2D eigenvalue weighted by Gasteiger charge is -2.33. The summed E-state index contributed by atoms with van der Waals surface area (Å²) in [5.74, 6) is -0.552. The average molecular weight is 467 g/mol. The number of hydrogen-bond acceptors (Lipinski definition) is 6. The molecule has 1 aliphatic rings. The maximum Gasteiger partial charge on any atom is 0.344 e. The van der Waals surface area contributed by atoms with Crippen LogP contribution in [0, 0.1) is 6.92 Å². The molecular formula is C21H23ClN2O6S. The molecule has 8 nitrogen and oxygen atoms in total. The minimum Gasteiger partial charge on any atom is -0.482 e. The van der Waals surface area contributed by atoms with Crippen LogP contribution < -0.4 is 4.74 Å². The number of aryl methyl sites for hydroxylation is 1. The van der Waals surface area contributed by atoms with Crippen molar-refractivity contribution in [1.82, 2.24) is 9.21 Å². The van der Waals surface area contributed by atoms with Gasteiger partial charge >= 0.3 is 5.97 Å². The quantitative estimate of drug-likeness (QED) is 0.580. The van der Waals surface area contributed by atoms with Crippen molar-refractivity contribution in [2.75, 3.05) is 39.4 Å². The first kappa shape index (κ1) is 23.1. The Morgan fingerprint density at radius 1 is 1.00 bits per heavy atom. The van der Waals surface area contributed by atoms with Gasteiger partial charge in [0.1, 0.15) is 5.75 Å². The van der Waals surface area contributed by atoms with Gasteiger partial charge in [-0.15, -0.1) is 0 Å². The fraction of sp³-hybridized carbons (Fsp3) is 0.333. The number of hydrogen-bond donors (Lipinski definition) is 0. The van der Waals surface area contributed by atoms with E-state index in [-0.39, 0.29) is 43.6 Å². The van der Waals surface area contributed by atoms with Gasteiger partial charge in [-0.3, -0.25) is 4.79 Å². The predicted molar refractivity (Wildman–Crippen MR) is 114 cm³/mol. The van der Waals surface area contributed by atoms with E-state index < -0.39 is 22.6 Å². The molecular weight excluding hydrogens is 444 g/mol. The number of esters is 1. The highest BCUT2D eigenvalue weighted by atomic mass is 35.5. The highest BCUT2D eigenvalue weighted by molar-refractivity contribution is 7.89. The number of piperazine rings is 1. The first-order valence-corrected chi connectivity index (χ1v) is 11.5. The molecule has 1 heterocycles. The van der Waals surface area contributed by atoms with Gasteiger partial charge in [-0.25, -0.2) is 13.2 Å². The van der Waals surface area contributed by atoms with E-state index in [0.29, 0.717) is 10.8 Å². The summed E-state index contributed by atoms with van der Waals surface area (Å²) in [5, 5.41) is 0.565. The molecule has 0 spiro atoms. The molecule has 1 fully saturated rings. The van der Waals surface area contributed by atoms with E-state index in [1.54, 1.807) is 55.5 Å². The van der Waals surface area contributed by atoms with Gasteiger partial charge in [0.25, 0.3) is 5.91 Å². The molecule has 0 atom stereocenters. The predicted octanol–water partition coefficient (Wildman–Crippen LogP) is 2.10. The summed E-state index contributed by atoms with van der Waals surface area (Å²) < 4.78 is 37.0. The first-order chi connectivity index (χ1) is 14.8. The molecule has 2 aromatic carbocycles. The number of sulfonamides is 1. The van der Waals surface area contributed by atoms with Crippen LogP contribution in [0.15, 0.2) is 53.4 Å². The summed E-state index contributed by atoms with van der Waals surface area (Å²) in [5.41, 5.74) is 0.778. The Morgan fingerprint density at radius 2 is 1.68 bits per heavy atom. The fourth-order valence-electron chi connectivity index (χ4n) is 3.11. The lowest BCUT2D eigenvalue weighted by molar-refractivity contribution is -0.154. The number of amides is 1. The molecule has 0 aromatic heterocycles. The number of halogens is 1. The highest BCUT2D eigenvalue weighted by Gasteiger charge is 2.30. The molecule has 1 aliphatic heterocycles. The Kier molecular flexibility index (Phi) is 7.53. The van der Waals surface area contributed by atoms with E-state index in [2.05, 4.69) is 0 Å². The van der Waals surface area contributed by atoms with Crippen LogP contribution in [0.1, 0.15) is 5.56 Å². The van der Waals surface area contributed by atoms with Crippen molar-refractivity contribution in [3.8, 4) is 5.75 Å². The van der Waals surface area contributed by atoms with Gasteiger partial charge < -0.3 is 14.4 Å². The maximum atomic E-state index is 12.6. The minimum absolute atomic E-state index is 0.176. The number of benzene rings is 2. The van der Waals surface area contributed by atoms with Crippen molar-refractivity contribution < 1.29 is 27.5 Å². The Morgan fingerprint density at radius 3 is 2.32 bits per heavy atom. The molecule has 0 saturated carbocycles. The van der Waals surface area contributed by atoms with Crippen LogP contribution in [0.3, 0.4) is 0 Å². The lowest BCUT2D eigenvalue weighted by Crippen LogP contribution is -2.51. The summed E-state index contributed by atoms with van der Waals surface area (Å²) in [6, 6.07) is 13.2. The normalized spacial score (nSPS) is 14.8. The Balaban J connectivity index is 1.43. The topological polar surface area (TPSA) is 93.2 Å². The van der Waals surface area contributed by atoms with Crippen molar-refractivity contribution in [3.05, 3.63) is 59.1 Å². The molecule has 1 saturated heterocycles. The third-order valence-corrected chi connectivity index (χ3v) is 6.96. The summed E-state index contributed by atoms with van der Waals surface area (Å²) in [6.07, 6.45) is 0. The van der Waals surface area contributed by atoms with Gasteiger partial charge in [0.15, 0.2) is 13.2 Å². The average Bonchev–Trinajstić information content (AvgIpc) is 2.77. The summed E-state index contributed by atoms with van der Waals surface area (Å²) in [7, 11) is -3.59. The molecule has 1 amide bonds. The molecule has 10 heteroatoms. The van der Waals surface area contributed by atoms with Gasteiger partial charge in [-0.1, -0.05) is 29.8 Å². The summed E-state index contributed by atoms with van der Waals surface area (Å²) >= 11 is 5.88. The smallest absolute Gasteiger partial charge is 0.344 e.